The minimum absolute atomic E-state index is 0.0614. The molecular weight excluding hydrogens is 440 g/mol. The Morgan fingerprint density at radius 1 is 0.848 bits per heavy atom. The molecule has 8 heteroatoms. The third-order valence-electron chi connectivity index (χ3n) is 5.36. The van der Waals surface area contributed by atoms with Crippen molar-refractivity contribution < 1.29 is 24.2 Å². The maximum absolute atomic E-state index is 13.7. The van der Waals surface area contributed by atoms with Gasteiger partial charge in [0.05, 0.1) is 17.3 Å². The number of Topliss-reactive ketones (excluding diaryl/α,β-unsaturated/α-hetero) is 1. The number of carboxylic acids is 1. The molecule has 0 spiro atoms. The summed E-state index contributed by atoms with van der Waals surface area (Å²) in [4.78, 5) is 26.2. The first-order valence-corrected chi connectivity index (χ1v) is 11.0. The summed E-state index contributed by atoms with van der Waals surface area (Å²) in [6.07, 6.45) is 0.156. The first-order valence-electron chi connectivity index (χ1n) is 10.3. The van der Waals surface area contributed by atoms with Crippen LogP contribution in [0.1, 0.15) is 21.5 Å². The average Bonchev–Trinajstić information content (AvgIpc) is 3.31. The topological polar surface area (TPSA) is 98.6 Å². The summed E-state index contributed by atoms with van der Waals surface area (Å²) in [6.45, 7) is 0.829. The Hall–Kier alpha value is -4.04. The van der Waals surface area contributed by atoms with Crippen LogP contribution in [0.15, 0.2) is 72.3 Å². The van der Waals surface area contributed by atoms with E-state index < -0.39 is 5.97 Å². The second-order valence-electron chi connectivity index (χ2n) is 7.48. The molecule has 2 heterocycles. The van der Waals surface area contributed by atoms with Crippen LogP contribution in [0.25, 0.3) is 16.6 Å². The van der Waals surface area contributed by atoms with Gasteiger partial charge in [-0.25, -0.2) is 4.79 Å². The number of fused-ring (bicyclic) bond motifs is 2. The van der Waals surface area contributed by atoms with Crippen molar-refractivity contribution in [3.8, 4) is 11.5 Å². The number of hydrogen-bond donors (Lipinski definition) is 1. The summed E-state index contributed by atoms with van der Waals surface area (Å²) >= 11 is 1.05. The number of nitrogens with zero attached hydrogens (tertiary/aromatic N) is 2. The van der Waals surface area contributed by atoms with Crippen molar-refractivity contribution >= 4 is 40.1 Å². The normalized spacial score (nSPS) is 13.5. The summed E-state index contributed by atoms with van der Waals surface area (Å²) in [5, 5.41) is 10.2. The SMILES string of the molecule is O=C(O)/C(=C(/Cc1ccccc1)C(=O)c1ccc2c(c1)OCCO2)c1ccc2nsnc2c1. The second-order valence-corrected chi connectivity index (χ2v) is 8.00. The maximum atomic E-state index is 13.7. The number of ketones is 1. The van der Waals surface area contributed by atoms with Gasteiger partial charge in [-0.05, 0) is 41.5 Å². The summed E-state index contributed by atoms with van der Waals surface area (Å²) in [5.41, 5.74) is 2.94. The van der Waals surface area contributed by atoms with Crippen molar-refractivity contribution in [3.63, 3.8) is 0 Å². The lowest BCUT2D eigenvalue weighted by molar-refractivity contribution is -0.130. The molecule has 0 unspecified atom stereocenters. The molecule has 5 rings (SSSR count). The van der Waals surface area contributed by atoms with Gasteiger partial charge in [0.2, 0.25) is 0 Å². The van der Waals surface area contributed by atoms with Crippen LogP contribution < -0.4 is 9.47 Å². The van der Waals surface area contributed by atoms with Crippen molar-refractivity contribution in [2.24, 2.45) is 0 Å². The molecule has 0 saturated carbocycles. The number of allylic oxidation sites excluding steroid dienone is 1. The van der Waals surface area contributed by atoms with Gasteiger partial charge in [-0.2, -0.15) is 8.75 Å². The Balaban J connectivity index is 1.67. The number of rotatable bonds is 6. The van der Waals surface area contributed by atoms with Gasteiger partial charge < -0.3 is 14.6 Å². The first-order chi connectivity index (χ1) is 16.1. The van der Waals surface area contributed by atoms with E-state index in [1.165, 1.54) is 0 Å². The van der Waals surface area contributed by atoms with Crippen molar-refractivity contribution in [1.29, 1.82) is 0 Å². The zero-order valence-electron chi connectivity index (χ0n) is 17.4. The first kappa shape index (κ1) is 20.8. The van der Waals surface area contributed by atoms with E-state index in [1.54, 1.807) is 36.4 Å². The predicted molar refractivity (Wildman–Crippen MR) is 124 cm³/mol. The number of benzene rings is 3. The fourth-order valence-corrected chi connectivity index (χ4v) is 4.32. The Bertz CT molecular complexity index is 1390. The Morgan fingerprint density at radius 2 is 1.58 bits per heavy atom. The van der Waals surface area contributed by atoms with E-state index in [0.717, 1.165) is 17.3 Å². The van der Waals surface area contributed by atoms with Crippen LogP contribution in [0.3, 0.4) is 0 Å². The van der Waals surface area contributed by atoms with E-state index in [-0.39, 0.29) is 23.4 Å². The van der Waals surface area contributed by atoms with Crippen LogP contribution in [0, 0.1) is 0 Å². The van der Waals surface area contributed by atoms with Crippen LogP contribution in [0.5, 0.6) is 11.5 Å². The van der Waals surface area contributed by atoms with Crippen molar-refractivity contribution in [3.05, 3.63) is 89.0 Å². The third kappa shape index (κ3) is 4.20. The smallest absolute Gasteiger partial charge is 0.336 e. The molecule has 1 N–H and O–H groups in total. The third-order valence-corrected chi connectivity index (χ3v) is 5.92. The molecule has 0 atom stereocenters. The van der Waals surface area contributed by atoms with Gasteiger partial charge >= 0.3 is 5.97 Å². The van der Waals surface area contributed by atoms with E-state index in [9.17, 15) is 14.7 Å². The molecule has 1 aliphatic heterocycles. The molecule has 4 aromatic rings. The number of aliphatic carboxylic acids is 1. The van der Waals surface area contributed by atoms with Crippen LogP contribution in [0.2, 0.25) is 0 Å². The van der Waals surface area contributed by atoms with Gasteiger partial charge in [0, 0.05) is 17.6 Å². The van der Waals surface area contributed by atoms with Gasteiger partial charge in [0.15, 0.2) is 17.3 Å². The highest BCUT2D eigenvalue weighted by atomic mass is 32.1. The molecule has 3 aromatic carbocycles. The van der Waals surface area contributed by atoms with Gasteiger partial charge in [-0.15, -0.1) is 0 Å². The van der Waals surface area contributed by atoms with Gasteiger partial charge in [-0.1, -0.05) is 36.4 Å². The summed E-state index contributed by atoms with van der Waals surface area (Å²) in [6, 6.07) is 19.3. The maximum Gasteiger partial charge on any atom is 0.336 e. The summed E-state index contributed by atoms with van der Waals surface area (Å²) in [5.74, 6) is -0.538. The number of carboxylic acid groups (broad SMARTS) is 1. The highest BCUT2D eigenvalue weighted by Gasteiger charge is 2.25. The monoisotopic (exact) mass is 458 g/mol. The molecule has 164 valence electrons. The van der Waals surface area contributed by atoms with Crippen molar-refractivity contribution in [2.75, 3.05) is 13.2 Å². The number of hydrogen-bond acceptors (Lipinski definition) is 7. The molecule has 1 aromatic heterocycles. The van der Waals surface area contributed by atoms with Crippen LogP contribution in [0.4, 0.5) is 0 Å². The van der Waals surface area contributed by atoms with E-state index in [1.807, 2.05) is 30.3 Å². The lowest BCUT2D eigenvalue weighted by atomic mass is 9.89. The lowest BCUT2D eigenvalue weighted by Crippen LogP contribution is -2.17. The Labute approximate surface area is 193 Å². The second kappa shape index (κ2) is 8.84. The van der Waals surface area contributed by atoms with Crippen LogP contribution in [-0.4, -0.2) is 38.8 Å². The highest BCUT2D eigenvalue weighted by molar-refractivity contribution is 7.00. The van der Waals surface area contributed by atoms with E-state index in [4.69, 9.17) is 9.47 Å². The fourth-order valence-electron chi connectivity index (χ4n) is 3.81. The zero-order chi connectivity index (χ0) is 22.8. The molecule has 1 aliphatic rings. The predicted octanol–water partition coefficient (Wildman–Crippen LogP) is 4.43. The molecule has 0 saturated heterocycles. The molecular formula is C25H18N2O5S. The highest BCUT2D eigenvalue weighted by Crippen LogP contribution is 2.33. The van der Waals surface area contributed by atoms with Gasteiger partial charge in [0.25, 0.3) is 0 Å². The minimum atomic E-state index is -1.19. The van der Waals surface area contributed by atoms with Crippen LogP contribution >= 0.6 is 11.7 Å². The van der Waals surface area contributed by atoms with Crippen molar-refractivity contribution in [1.82, 2.24) is 8.75 Å². The molecule has 0 fully saturated rings. The number of carbonyl (C=O) groups is 2. The standard InChI is InChI=1S/C25H18N2O5S/c28-24(17-7-9-21-22(14-17)32-11-10-31-21)18(12-15-4-2-1-3-5-15)23(25(29)30)16-6-8-19-20(13-16)27-33-26-19/h1-9,13-14H,10-12H2,(H,29,30)/b23-18-. The molecule has 0 bridgehead atoms. The summed E-state index contributed by atoms with van der Waals surface area (Å²) < 4.78 is 19.6. The van der Waals surface area contributed by atoms with Crippen LogP contribution in [-0.2, 0) is 11.2 Å². The number of aromatic nitrogens is 2. The number of ether oxygens (including phenoxy) is 2. The van der Waals surface area contributed by atoms with Gasteiger partial charge in [-0.3, -0.25) is 4.79 Å². The Morgan fingerprint density at radius 3 is 2.36 bits per heavy atom. The van der Waals surface area contributed by atoms with Gasteiger partial charge in [0.1, 0.15) is 24.2 Å². The lowest BCUT2D eigenvalue weighted by Gasteiger charge is -2.19. The van der Waals surface area contributed by atoms with E-state index >= 15 is 0 Å². The molecule has 0 radical (unpaired) electrons. The van der Waals surface area contributed by atoms with E-state index in [0.29, 0.717) is 46.9 Å². The molecule has 7 nitrogen and oxygen atoms in total. The molecule has 0 amide bonds. The van der Waals surface area contributed by atoms with E-state index in [2.05, 4.69) is 8.75 Å². The van der Waals surface area contributed by atoms with Crippen molar-refractivity contribution in [2.45, 2.75) is 6.42 Å². The Kier molecular flexibility index (Phi) is 5.58. The summed E-state index contributed by atoms with van der Waals surface area (Å²) in [7, 11) is 0. The molecule has 33 heavy (non-hydrogen) atoms. The fraction of sp³-hybridized carbons (Fsp3) is 0.120. The molecule has 0 aliphatic carbocycles. The largest absolute Gasteiger partial charge is 0.486 e. The minimum Gasteiger partial charge on any atom is -0.486 e. The quantitative estimate of drug-likeness (QED) is 0.337. The average molecular weight is 458 g/mol. The number of carbonyl (C=O) groups excluding carboxylic acids is 1. The zero-order valence-corrected chi connectivity index (χ0v) is 18.2.